The molecule has 2 heterocycles. The van der Waals surface area contributed by atoms with Gasteiger partial charge in [0.15, 0.2) is 17.2 Å². The molecule has 0 fully saturated rings. The van der Waals surface area contributed by atoms with Gasteiger partial charge in [0.2, 0.25) is 11.4 Å². The number of benzene rings is 2. The number of anilines is 2. The van der Waals surface area contributed by atoms with E-state index in [1.165, 1.54) is 20.4 Å². The number of carbonyl (C=O) groups is 1. The number of nitrogen functional groups attached to an aromatic ring is 2. The number of hydrogen-bond donors (Lipinski definition) is 4. The summed E-state index contributed by atoms with van der Waals surface area (Å²) in [5.41, 5.74) is 14.2. The van der Waals surface area contributed by atoms with E-state index in [4.69, 9.17) is 26.0 Å². The summed E-state index contributed by atoms with van der Waals surface area (Å²) in [4.78, 5) is 34.0. The van der Waals surface area contributed by atoms with Crippen LogP contribution >= 0.6 is 0 Å². The van der Waals surface area contributed by atoms with Gasteiger partial charge in [-0.25, -0.2) is 9.78 Å². The molecule has 4 aromatic rings. The number of hydrogen-bond acceptors (Lipinski definition) is 9. The highest BCUT2D eigenvalue weighted by atomic mass is 16.7. The first-order valence-electron chi connectivity index (χ1n) is 10.5. The van der Waals surface area contributed by atoms with Crippen molar-refractivity contribution in [1.82, 2.24) is 15.0 Å². The van der Waals surface area contributed by atoms with E-state index in [0.717, 1.165) is 5.56 Å². The number of rotatable bonds is 5. The molecule has 2 aromatic carbocycles. The lowest BCUT2D eigenvalue weighted by atomic mass is 10.0. The molecule has 0 aliphatic carbocycles. The van der Waals surface area contributed by atoms with Crippen molar-refractivity contribution in [3.63, 3.8) is 0 Å². The topological polar surface area (TPSA) is 176 Å². The average molecular weight is 487 g/mol. The molecular formula is C25H21N5O6. The second kappa shape index (κ2) is 9.94. The Bertz CT molecular complexity index is 1600. The maximum atomic E-state index is 12.4. The van der Waals surface area contributed by atoms with Gasteiger partial charge in [0, 0.05) is 35.3 Å². The zero-order valence-corrected chi connectivity index (χ0v) is 19.3. The summed E-state index contributed by atoms with van der Waals surface area (Å²) in [6.07, 6.45) is 1.61. The van der Waals surface area contributed by atoms with E-state index in [0.29, 0.717) is 40.1 Å². The van der Waals surface area contributed by atoms with Gasteiger partial charge in [0.1, 0.15) is 5.82 Å². The van der Waals surface area contributed by atoms with Crippen LogP contribution in [0.3, 0.4) is 0 Å². The number of ether oxygens (including phenoxy) is 3. The van der Waals surface area contributed by atoms with Gasteiger partial charge < -0.3 is 35.8 Å². The number of aromatic amines is 1. The van der Waals surface area contributed by atoms with Crippen molar-refractivity contribution >= 4 is 28.8 Å². The minimum absolute atomic E-state index is 0.0949. The molecule has 0 aliphatic rings. The number of methoxy groups -OCH3 is 2. The molecule has 182 valence electrons. The van der Waals surface area contributed by atoms with Gasteiger partial charge in [-0.05, 0) is 35.9 Å². The molecule has 2 aromatic heterocycles. The smallest absolute Gasteiger partial charge is 0.493 e. The third kappa shape index (κ3) is 4.97. The highest BCUT2D eigenvalue weighted by molar-refractivity contribution is 5.81. The molecule has 0 unspecified atom stereocenters. The van der Waals surface area contributed by atoms with Crippen molar-refractivity contribution in [2.45, 2.75) is 6.42 Å². The van der Waals surface area contributed by atoms with Crippen LogP contribution in [0.5, 0.6) is 17.2 Å². The number of nitrogens with two attached hydrogens (primary N) is 2. The van der Waals surface area contributed by atoms with Gasteiger partial charge in [-0.3, -0.25) is 4.79 Å². The molecule has 0 amide bonds. The molecule has 11 heteroatoms. The van der Waals surface area contributed by atoms with Gasteiger partial charge in [-0.15, -0.1) is 0 Å². The summed E-state index contributed by atoms with van der Waals surface area (Å²) in [5, 5.41) is 9.03. The van der Waals surface area contributed by atoms with E-state index in [1.54, 1.807) is 24.4 Å². The first-order valence-corrected chi connectivity index (χ1v) is 10.5. The fraction of sp³-hybridized carbons (Fsp3) is 0.120. The van der Waals surface area contributed by atoms with Crippen molar-refractivity contribution in [2.24, 2.45) is 0 Å². The molecule has 0 spiro atoms. The fourth-order valence-corrected chi connectivity index (χ4v) is 3.60. The fourth-order valence-electron chi connectivity index (χ4n) is 3.60. The third-order valence-corrected chi connectivity index (χ3v) is 5.24. The number of carboxylic acid groups (broad SMARTS) is 1. The lowest BCUT2D eigenvalue weighted by molar-refractivity contribution is 0.144. The maximum absolute atomic E-state index is 12.4. The van der Waals surface area contributed by atoms with E-state index in [2.05, 4.69) is 31.5 Å². The molecule has 4 rings (SSSR count). The molecule has 0 saturated carbocycles. The van der Waals surface area contributed by atoms with Gasteiger partial charge in [-0.2, -0.15) is 4.98 Å². The molecule has 0 bridgehead atoms. The highest BCUT2D eigenvalue weighted by Gasteiger charge is 2.14. The number of nitrogens with zero attached hydrogens (tertiary/aromatic N) is 2. The van der Waals surface area contributed by atoms with Crippen LogP contribution in [0, 0.1) is 11.8 Å². The maximum Gasteiger partial charge on any atom is 0.511 e. The van der Waals surface area contributed by atoms with Gasteiger partial charge >= 0.3 is 6.16 Å². The first kappa shape index (κ1) is 23.9. The average Bonchev–Trinajstić information content (AvgIpc) is 2.85. The Hall–Kier alpha value is -5.24. The predicted octanol–water partition coefficient (Wildman–Crippen LogP) is 2.55. The Labute approximate surface area is 204 Å². The first-order chi connectivity index (χ1) is 17.3. The predicted molar refractivity (Wildman–Crippen MR) is 132 cm³/mol. The van der Waals surface area contributed by atoms with E-state index in [1.807, 2.05) is 12.1 Å². The monoisotopic (exact) mass is 487 g/mol. The SMILES string of the molecule is COc1cc(Cc2cnc(N)nc2N)cc(C#Cc2ccc3c(=O)c(OC(=O)O)c[nH]c3c2)c1OC. The van der Waals surface area contributed by atoms with Crippen LogP contribution in [-0.2, 0) is 6.42 Å². The summed E-state index contributed by atoms with van der Waals surface area (Å²) in [6, 6.07) is 8.54. The van der Waals surface area contributed by atoms with Crippen LogP contribution in [0.2, 0.25) is 0 Å². The van der Waals surface area contributed by atoms with Crippen LogP contribution in [0.25, 0.3) is 10.9 Å². The largest absolute Gasteiger partial charge is 0.511 e. The summed E-state index contributed by atoms with van der Waals surface area (Å²) >= 11 is 0. The number of H-pyrrole nitrogens is 1. The van der Waals surface area contributed by atoms with Gasteiger partial charge in [0.05, 0.1) is 25.3 Å². The molecule has 6 N–H and O–H groups in total. The van der Waals surface area contributed by atoms with E-state index < -0.39 is 11.6 Å². The summed E-state index contributed by atoms with van der Waals surface area (Å²) in [7, 11) is 3.05. The van der Waals surface area contributed by atoms with Crippen molar-refractivity contribution in [1.29, 1.82) is 0 Å². The molecule has 11 nitrogen and oxygen atoms in total. The van der Waals surface area contributed by atoms with Crippen molar-refractivity contribution in [2.75, 3.05) is 25.7 Å². The van der Waals surface area contributed by atoms with Gasteiger partial charge in [0.25, 0.3) is 0 Å². The standard InChI is InChI=1S/C25H21N5O6/c1-34-19-10-14(8-16-11-29-24(27)30-23(16)26)7-15(22(19)35-2)5-3-13-4-6-17-18(9-13)28-12-20(21(17)31)36-25(32)33/h4,6-7,9-12H,8H2,1-2H3,(H,28,31)(H,32,33)(H4,26,27,29,30). The Morgan fingerprint density at radius 3 is 2.61 bits per heavy atom. The minimum atomic E-state index is -1.57. The minimum Gasteiger partial charge on any atom is -0.493 e. The Kier molecular flexibility index (Phi) is 6.60. The number of pyridine rings is 1. The summed E-state index contributed by atoms with van der Waals surface area (Å²) in [6.45, 7) is 0. The van der Waals surface area contributed by atoms with Crippen LogP contribution in [-0.4, -0.2) is 40.4 Å². The number of nitrogens with one attached hydrogen (secondary N) is 1. The second-order valence-corrected chi connectivity index (χ2v) is 7.55. The summed E-state index contributed by atoms with van der Waals surface area (Å²) < 4.78 is 15.5. The highest BCUT2D eigenvalue weighted by Crippen LogP contribution is 2.33. The molecular weight excluding hydrogens is 466 g/mol. The Balaban J connectivity index is 1.72. The van der Waals surface area contributed by atoms with Crippen LogP contribution in [0.15, 0.2) is 47.5 Å². The zero-order chi connectivity index (χ0) is 25.8. The van der Waals surface area contributed by atoms with Crippen LogP contribution in [0.4, 0.5) is 16.6 Å². The lowest BCUT2D eigenvalue weighted by Crippen LogP contribution is -2.13. The van der Waals surface area contributed by atoms with E-state index in [-0.39, 0.29) is 22.9 Å². The van der Waals surface area contributed by atoms with Gasteiger partial charge in [-0.1, -0.05) is 11.8 Å². The molecule has 0 atom stereocenters. The Morgan fingerprint density at radius 1 is 1.11 bits per heavy atom. The zero-order valence-electron chi connectivity index (χ0n) is 19.3. The molecule has 0 radical (unpaired) electrons. The lowest BCUT2D eigenvalue weighted by Gasteiger charge is -2.13. The normalized spacial score (nSPS) is 10.4. The van der Waals surface area contributed by atoms with Crippen LogP contribution in [0.1, 0.15) is 22.3 Å². The Morgan fingerprint density at radius 2 is 1.92 bits per heavy atom. The van der Waals surface area contributed by atoms with Crippen molar-refractivity contribution in [3.05, 3.63) is 75.2 Å². The van der Waals surface area contributed by atoms with E-state index >= 15 is 0 Å². The number of fused-ring (bicyclic) bond motifs is 1. The molecule has 36 heavy (non-hydrogen) atoms. The quantitative estimate of drug-likeness (QED) is 0.242. The van der Waals surface area contributed by atoms with Crippen molar-refractivity contribution in [3.8, 4) is 29.1 Å². The molecule has 0 saturated heterocycles. The summed E-state index contributed by atoms with van der Waals surface area (Å²) in [5.74, 6) is 7.16. The van der Waals surface area contributed by atoms with Crippen molar-refractivity contribution < 1.29 is 24.1 Å². The molecule has 0 aliphatic heterocycles. The van der Waals surface area contributed by atoms with Crippen LogP contribution < -0.4 is 31.1 Å². The third-order valence-electron chi connectivity index (χ3n) is 5.24. The van der Waals surface area contributed by atoms with E-state index in [9.17, 15) is 9.59 Å². The number of aromatic nitrogens is 3. The second-order valence-electron chi connectivity index (χ2n) is 7.55.